The minimum absolute atomic E-state index is 0.0530. The highest BCUT2D eigenvalue weighted by molar-refractivity contribution is 7.85. The van der Waals surface area contributed by atoms with Crippen molar-refractivity contribution in [1.29, 1.82) is 0 Å². The Labute approximate surface area is 262 Å². The number of aromatic nitrogens is 2. The first-order chi connectivity index (χ1) is 20.6. The molecule has 1 aromatic heterocycles. The average molecular weight is 724 g/mol. The van der Waals surface area contributed by atoms with Crippen LogP contribution < -0.4 is 14.4 Å². The second-order valence-corrected chi connectivity index (χ2v) is 13.2. The summed E-state index contributed by atoms with van der Waals surface area (Å²) in [4.78, 5) is 2.27. The minimum atomic E-state index is -5.06. The maximum Gasteiger partial charge on any atom is 0.418 e. The molecule has 3 aromatic rings. The van der Waals surface area contributed by atoms with E-state index in [1.807, 2.05) is 0 Å². The third kappa shape index (κ3) is 7.20. The zero-order chi connectivity index (χ0) is 33.9. The van der Waals surface area contributed by atoms with E-state index in [1.165, 1.54) is 27.7 Å². The van der Waals surface area contributed by atoms with E-state index in [1.54, 1.807) is 13.8 Å². The lowest BCUT2D eigenvalue weighted by Gasteiger charge is -2.23. The molecule has 1 aliphatic heterocycles. The highest BCUT2D eigenvalue weighted by Crippen LogP contribution is 2.48. The van der Waals surface area contributed by atoms with Gasteiger partial charge in [0.15, 0.2) is 22.8 Å². The lowest BCUT2D eigenvalue weighted by molar-refractivity contribution is -0.654. The topological polar surface area (TPSA) is 127 Å². The molecule has 20 heteroatoms. The summed E-state index contributed by atoms with van der Waals surface area (Å²) in [5, 5.41) is -1.36. The zero-order valence-electron chi connectivity index (χ0n) is 23.0. The Balaban J connectivity index is 1.95. The van der Waals surface area contributed by atoms with Gasteiger partial charge in [0.1, 0.15) is 15.9 Å². The van der Waals surface area contributed by atoms with Gasteiger partial charge in [-0.25, -0.2) is 17.6 Å². The predicted molar refractivity (Wildman–Crippen MR) is 153 cm³/mol. The van der Waals surface area contributed by atoms with E-state index in [-0.39, 0.29) is 47.1 Å². The minimum Gasteiger partial charge on any atom is -0.745 e. The molecule has 45 heavy (non-hydrogen) atoms. The van der Waals surface area contributed by atoms with E-state index in [0.717, 1.165) is 21.6 Å². The van der Waals surface area contributed by atoms with Gasteiger partial charge in [-0.1, -0.05) is 29.3 Å². The maximum atomic E-state index is 13.6. The Morgan fingerprint density at radius 2 is 1.44 bits per heavy atom. The predicted octanol–water partition coefficient (Wildman–Crippen LogP) is 5.84. The van der Waals surface area contributed by atoms with Gasteiger partial charge in [0, 0.05) is 24.8 Å². The Bertz CT molecular complexity index is 1960. The Morgan fingerprint density at radius 1 is 0.889 bits per heavy atom. The number of imidazole rings is 1. The van der Waals surface area contributed by atoms with Crippen LogP contribution in [0.5, 0.6) is 0 Å². The standard InChI is InChI=1S/C25H22Cl2F6N4O6S2/c1-3-34-20-10-16(26)14(24(28,29)30)8-18(20)36(12-44(38,39)40)22(34)6-5-7-23-35(4-2)21-11-17(27)15(25(31,32)33)9-19(21)37(23)13-45(41,42)43/h5-11H,3-4,12-13H2,1-2H3,(H-,38,39,40,41,42,43). The van der Waals surface area contributed by atoms with Crippen molar-refractivity contribution in [1.82, 2.24) is 4.57 Å². The van der Waals surface area contributed by atoms with E-state index in [0.29, 0.717) is 12.1 Å². The van der Waals surface area contributed by atoms with Gasteiger partial charge < -0.3 is 14.4 Å². The van der Waals surface area contributed by atoms with Gasteiger partial charge in [-0.15, -0.1) is 0 Å². The summed E-state index contributed by atoms with van der Waals surface area (Å²) in [5.74, 6) is -2.58. The molecule has 4 rings (SSSR count). The van der Waals surface area contributed by atoms with Crippen LogP contribution in [0.2, 0.25) is 10.0 Å². The number of aryl methyl sites for hydroxylation is 1. The first-order valence-electron chi connectivity index (χ1n) is 12.6. The summed E-state index contributed by atoms with van der Waals surface area (Å²) < 4.78 is 153. The van der Waals surface area contributed by atoms with E-state index >= 15 is 0 Å². The molecule has 0 saturated heterocycles. The van der Waals surface area contributed by atoms with Gasteiger partial charge in [0.05, 0.1) is 39.1 Å². The summed E-state index contributed by atoms with van der Waals surface area (Å²) in [7, 11) is -9.88. The molecule has 0 radical (unpaired) electrons. The first-order valence-corrected chi connectivity index (χ1v) is 16.6. The second-order valence-electron chi connectivity index (χ2n) is 9.62. The van der Waals surface area contributed by atoms with Gasteiger partial charge in [-0.2, -0.15) is 34.8 Å². The number of rotatable bonds is 8. The molecule has 0 atom stereocenters. The van der Waals surface area contributed by atoms with E-state index < -0.39 is 65.5 Å². The lowest BCUT2D eigenvalue weighted by atomic mass is 10.1. The number of alkyl halides is 6. The number of halogens is 8. The van der Waals surface area contributed by atoms with Crippen LogP contribution in [0.15, 0.2) is 42.2 Å². The number of hydrogen-bond donors (Lipinski definition) is 1. The lowest BCUT2D eigenvalue weighted by Crippen LogP contribution is -2.40. The summed E-state index contributed by atoms with van der Waals surface area (Å²) in [5.41, 5.74) is -2.96. The number of anilines is 2. The highest BCUT2D eigenvalue weighted by atomic mass is 35.5. The zero-order valence-corrected chi connectivity index (χ0v) is 26.1. The Morgan fingerprint density at radius 3 is 1.96 bits per heavy atom. The van der Waals surface area contributed by atoms with E-state index in [4.69, 9.17) is 23.2 Å². The van der Waals surface area contributed by atoms with Crippen molar-refractivity contribution < 1.29 is 56.9 Å². The number of nitrogens with zero attached hydrogens (tertiary/aromatic N) is 4. The van der Waals surface area contributed by atoms with Crippen LogP contribution in [0.25, 0.3) is 17.1 Å². The molecule has 2 aromatic carbocycles. The third-order valence-corrected chi connectivity index (χ3v) is 8.50. The molecule has 0 bridgehead atoms. The molecular weight excluding hydrogens is 701 g/mol. The summed E-state index contributed by atoms with van der Waals surface area (Å²) in [6, 6.07) is 3.18. The molecule has 0 spiro atoms. The van der Waals surface area contributed by atoms with Gasteiger partial charge in [-0.05, 0) is 32.1 Å². The summed E-state index contributed by atoms with van der Waals surface area (Å²) in [6.07, 6.45) is -6.18. The van der Waals surface area contributed by atoms with Crippen LogP contribution in [0.4, 0.5) is 37.7 Å². The Kier molecular flexibility index (Phi) is 9.26. The van der Waals surface area contributed by atoms with Gasteiger partial charge in [-0.3, -0.25) is 4.55 Å². The molecule has 1 aliphatic rings. The molecule has 0 aliphatic carbocycles. The van der Waals surface area contributed by atoms with Gasteiger partial charge >= 0.3 is 12.4 Å². The molecule has 0 unspecified atom stereocenters. The van der Waals surface area contributed by atoms with Crippen molar-refractivity contribution in [3.63, 3.8) is 0 Å². The van der Waals surface area contributed by atoms with E-state index in [9.17, 15) is 52.3 Å². The third-order valence-electron chi connectivity index (χ3n) is 6.71. The molecule has 0 saturated carbocycles. The quantitative estimate of drug-likeness (QED) is 0.175. The second kappa shape index (κ2) is 12.0. The van der Waals surface area contributed by atoms with Crippen LogP contribution in [0, 0.1) is 0 Å². The number of hydrogen-bond acceptors (Lipinski definition) is 7. The molecular formula is C25H22Cl2F6N4O6S2. The summed E-state index contributed by atoms with van der Waals surface area (Å²) >= 11 is 11.8. The number of fused-ring (bicyclic) bond motifs is 2. The first kappa shape index (κ1) is 34.8. The fraction of sp³-hybridized carbons (Fsp3) is 0.320. The van der Waals surface area contributed by atoms with E-state index in [2.05, 4.69) is 0 Å². The molecule has 10 nitrogen and oxygen atoms in total. The van der Waals surface area contributed by atoms with Crippen molar-refractivity contribution in [2.45, 2.75) is 38.6 Å². The molecule has 0 amide bonds. The van der Waals surface area contributed by atoms with Crippen molar-refractivity contribution in [3.8, 4) is 0 Å². The molecule has 2 heterocycles. The van der Waals surface area contributed by atoms with Crippen LogP contribution >= 0.6 is 23.2 Å². The van der Waals surface area contributed by atoms with Crippen molar-refractivity contribution in [3.05, 3.63) is 69.2 Å². The van der Waals surface area contributed by atoms with Crippen molar-refractivity contribution in [2.75, 3.05) is 22.2 Å². The largest absolute Gasteiger partial charge is 0.745 e. The van der Waals surface area contributed by atoms with Gasteiger partial charge in [0.25, 0.3) is 15.9 Å². The molecule has 246 valence electrons. The molecule has 1 N–H and O–H groups in total. The van der Waals surface area contributed by atoms with Gasteiger partial charge in [0.2, 0.25) is 0 Å². The maximum absolute atomic E-state index is 13.6. The monoisotopic (exact) mass is 722 g/mol. The van der Waals surface area contributed by atoms with Crippen LogP contribution in [0.1, 0.15) is 30.8 Å². The smallest absolute Gasteiger partial charge is 0.418 e. The van der Waals surface area contributed by atoms with Crippen LogP contribution in [-0.2, 0) is 45.0 Å². The van der Waals surface area contributed by atoms with Crippen LogP contribution in [0.3, 0.4) is 0 Å². The summed E-state index contributed by atoms with van der Waals surface area (Å²) in [6.45, 7) is 3.30. The Hall–Kier alpha value is -3.03. The average Bonchev–Trinajstić information content (AvgIpc) is 3.29. The molecule has 0 fully saturated rings. The fourth-order valence-electron chi connectivity index (χ4n) is 5.02. The highest BCUT2D eigenvalue weighted by Gasteiger charge is 2.40. The van der Waals surface area contributed by atoms with Crippen molar-refractivity contribution >= 4 is 71.9 Å². The normalized spacial score (nSPS) is 15.7. The SMILES string of the molecule is CCN1C(=CC=Cc2n(CC)c3cc(Cl)c(C(F)(F)F)cc3[n+]2CS(=O)(=O)[O-])N(CS(=O)(=O)O)c2cc(C(F)(F)F)c(Cl)cc21. The van der Waals surface area contributed by atoms with Crippen LogP contribution in [-0.4, -0.2) is 42.9 Å². The number of allylic oxidation sites excluding steroid dienone is 2. The fourth-order valence-corrected chi connectivity index (χ4v) is 6.74. The number of benzene rings is 2. The van der Waals surface area contributed by atoms with Crippen molar-refractivity contribution in [2.24, 2.45) is 0 Å².